The average Bonchev–Trinajstić information content (AvgIpc) is 2.68. The van der Waals surface area contributed by atoms with Crippen LogP contribution >= 0.6 is 0 Å². The highest BCUT2D eigenvalue weighted by Crippen LogP contribution is 2.24. The van der Waals surface area contributed by atoms with E-state index in [0.717, 1.165) is 32.0 Å². The Balaban J connectivity index is 1.78. The molecule has 0 radical (unpaired) electrons. The van der Waals surface area contributed by atoms with Crippen LogP contribution in [0.3, 0.4) is 0 Å². The Labute approximate surface area is 142 Å². The van der Waals surface area contributed by atoms with Crippen LogP contribution in [0.5, 0.6) is 0 Å². The topological polar surface area (TPSA) is 41.6 Å². The summed E-state index contributed by atoms with van der Waals surface area (Å²) >= 11 is 0. The molecule has 0 bridgehead atoms. The van der Waals surface area contributed by atoms with E-state index in [9.17, 15) is 4.79 Å². The van der Waals surface area contributed by atoms with E-state index in [-0.39, 0.29) is 6.09 Å². The molecule has 1 heterocycles. The predicted octanol–water partition coefficient (Wildman–Crippen LogP) is 4.19. The third kappa shape index (κ3) is 6.33. The van der Waals surface area contributed by atoms with Crippen molar-refractivity contribution in [3.63, 3.8) is 0 Å². The van der Waals surface area contributed by atoms with Gasteiger partial charge < -0.3 is 15.0 Å². The fraction of sp³-hybridized carbons (Fsp3) is 0.947. The minimum absolute atomic E-state index is 0.148. The van der Waals surface area contributed by atoms with Crippen molar-refractivity contribution >= 4 is 6.09 Å². The molecule has 0 aromatic carbocycles. The highest BCUT2D eigenvalue weighted by Gasteiger charge is 2.28. The quantitative estimate of drug-likeness (QED) is 0.791. The molecule has 1 saturated carbocycles. The van der Waals surface area contributed by atoms with E-state index in [0.29, 0.717) is 12.0 Å². The Bertz CT molecular complexity index is 378. The second kappa shape index (κ2) is 8.36. The van der Waals surface area contributed by atoms with Crippen molar-refractivity contribution in [2.45, 2.75) is 84.3 Å². The van der Waals surface area contributed by atoms with Crippen LogP contribution in [0.2, 0.25) is 0 Å². The van der Waals surface area contributed by atoms with Crippen LogP contribution in [0.4, 0.5) is 4.79 Å². The predicted molar refractivity (Wildman–Crippen MR) is 94.6 cm³/mol. The van der Waals surface area contributed by atoms with Gasteiger partial charge in [0, 0.05) is 19.1 Å². The number of amides is 1. The van der Waals surface area contributed by atoms with Crippen LogP contribution in [-0.4, -0.2) is 42.3 Å². The van der Waals surface area contributed by atoms with Crippen LogP contribution in [0, 0.1) is 11.8 Å². The highest BCUT2D eigenvalue weighted by atomic mass is 16.6. The fourth-order valence-electron chi connectivity index (χ4n) is 3.84. The molecule has 2 aliphatic rings. The number of hydrogen-bond acceptors (Lipinski definition) is 3. The molecule has 2 rings (SSSR count). The first kappa shape index (κ1) is 18.6. The summed E-state index contributed by atoms with van der Waals surface area (Å²) in [5, 5.41) is 3.81. The molecule has 3 unspecified atom stereocenters. The Kier molecular flexibility index (Phi) is 6.75. The zero-order chi connectivity index (χ0) is 16.9. The van der Waals surface area contributed by atoms with Gasteiger partial charge in [0.1, 0.15) is 5.60 Å². The molecule has 134 valence electrons. The van der Waals surface area contributed by atoms with Gasteiger partial charge in [-0.2, -0.15) is 0 Å². The zero-order valence-corrected chi connectivity index (χ0v) is 15.6. The summed E-state index contributed by atoms with van der Waals surface area (Å²) in [7, 11) is 0. The molecule has 1 aliphatic carbocycles. The van der Waals surface area contributed by atoms with Gasteiger partial charge in [-0.15, -0.1) is 0 Å². The molecule has 0 spiro atoms. The lowest BCUT2D eigenvalue weighted by atomic mass is 9.94. The van der Waals surface area contributed by atoms with E-state index in [1.54, 1.807) is 0 Å². The maximum atomic E-state index is 12.2. The van der Waals surface area contributed by atoms with Crippen molar-refractivity contribution in [3.05, 3.63) is 0 Å². The molecule has 0 aromatic rings. The van der Waals surface area contributed by atoms with Gasteiger partial charge in [0.05, 0.1) is 0 Å². The number of likely N-dealkylation sites (tertiary alicyclic amines) is 1. The maximum absolute atomic E-state index is 12.2. The minimum atomic E-state index is -0.405. The van der Waals surface area contributed by atoms with Gasteiger partial charge in [-0.25, -0.2) is 4.79 Å². The molecule has 2 fully saturated rings. The van der Waals surface area contributed by atoms with Gasteiger partial charge in [-0.05, 0) is 64.8 Å². The minimum Gasteiger partial charge on any atom is -0.444 e. The Morgan fingerprint density at radius 3 is 2.61 bits per heavy atom. The van der Waals surface area contributed by atoms with Crippen molar-refractivity contribution in [2.75, 3.05) is 19.6 Å². The number of carbonyl (C=O) groups excluding carboxylic acids is 1. The molecular weight excluding hydrogens is 288 g/mol. The third-order valence-electron chi connectivity index (χ3n) is 5.20. The number of hydrogen-bond donors (Lipinski definition) is 1. The molecule has 1 saturated heterocycles. The van der Waals surface area contributed by atoms with Crippen molar-refractivity contribution in [1.29, 1.82) is 0 Å². The molecule has 1 aliphatic heterocycles. The van der Waals surface area contributed by atoms with E-state index in [4.69, 9.17) is 4.74 Å². The highest BCUT2D eigenvalue weighted by molar-refractivity contribution is 5.68. The number of nitrogens with zero attached hydrogens (tertiary/aromatic N) is 1. The summed E-state index contributed by atoms with van der Waals surface area (Å²) in [6.07, 6.45) is 8.95. The van der Waals surface area contributed by atoms with Crippen molar-refractivity contribution in [2.24, 2.45) is 11.8 Å². The number of ether oxygens (including phenoxy) is 1. The van der Waals surface area contributed by atoms with Gasteiger partial charge in [0.25, 0.3) is 0 Å². The molecule has 4 heteroatoms. The van der Waals surface area contributed by atoms with Gasteiger partial charge >= 0.3 is 6.09 Å². The average molecular weight is 325 g/mol. The second-order valence-electron chi connectivity index (χ2n) is 8.56. The molecule has 0 aromatic heterocycles. The lowest BCUT2D eigenvalue weighted by Crippen LogP contribution is -2.46. The number of carbonyl (C=O) groups is 1. The van der Waals surface area contributed by atoms with Crippen molar-refractivity contribution < 1.29 is 9.53 Å². The van der Waals surface area contributed by atoms with Crippen LogP contribution < -0.4 is 5.32 Å². The van der Waals surface area contributed by atoms with E-state index < -0.39 is 5.60 Å². The maximum Gasteiger partial charge on any atom is 0.410 e. The third-order valence-corrected chi connectivity index (χ3v) is 5.20. The lowest BCUT2D eigenvalue weighted by Gasteiger charge is -2.35. The van der Waals surface area contributed by atoms with Crippen LogP contribution in [0.25, 0.3) is 0 Å². The molecule has 3 atom stereocenters. The molecule has 1 amide bonds. The van der Waals surface area contributed by atoms with Gasteiger partial charge in [0.15, 0.2) is 0 Å². The van der Waals surface area contributed by atoms with Crippen molar-refractivity contribution in [1.82, 2.24) is 10.2 Å². The van der Waals surface area contributed by atoms with E-state index in [1.807, 2.05) is 25.7 Å². The van der Waals surface area contributed by atoms with Crippen molar-refractivity contribution in [3.8, 4) is 0 Å². The summed E-state index contributed by atoms with van der Waals surface area (Å²) in [5.41, 5.74) is -0.405. The first-order valence-corrected chi connectivity index (χ1v) is 9.56. The normalized spacial score (nSPS) is 29.9. The van der Waals surface area contributed by atoms with Crippen LogP contribution in [0.1, 0.15) is 72.6 Å². The summed E-state index contributed by atoms with van der Waals surface area (Å²) in [4.78, 5) is 14.1. The monoisotopic (exact) mass is 324 g/mol. The molecule has 23 heavy (non-hydrogen) atoms. The summed E-state index contributed by atoms with van der Waals surface area (Å²) < 4.78 is 5.52. The van der Waals surface area contributed by atoms with E-state index in [1.165, 1.54) is 38.5 Å². The van der Waals surface area contributed by atoms with Crippen LogP contribution in [-0.2, 0) is 4.74 Å². The Morgan fingerprint density at radius 2 is 1.87 bits per heavy atom. The Hall–Kier alpha value is -0.770. The van der Waals surface area contributed by atoms with Crippen LogP contribution in [0.15, 0.2) is 0 Å². The molecule has 4 nitrogen and oxygen atoms in total. The fourth-order valence-corrected chi connectivity index (χ4v) is 3.84. The first-order valence-electron chi connectivity index (χ1n) is 9.56. The molecule has 1 N–H and O–H groups in total. The van der Waals surface area contributed by atoms with E-state index in [2.05, 4.69) is 12.2 Å². The summed E-state index contributed by atoms with van der Waals surface area (Å²) in [6.45, 7) is 10.9. The Morgan fingerprint density at radius 1 is 1.13 bits per heavy atom. The largest absolute Gasteiger partial charge is 0.444 e. The SMILES string of the molecule is CC1CCCCCC1NCC1CCCN(C(=O)OC(C)(C)C)C1. The second-order valence-corrected chi connectivity index (χ2v) is 8.56. The standard InChI is InChI=1S/C19H36N2O2/c1-15-9-6-5-7-11-17(15)20-13-16-10-8-12-21(14-16)18(22)23-19(2,3)4/h15-17,20H,5-14H2,1-4H3. The molecular formula is C19H36N2O2. The van der Waals surface area contributed by atoms with Gasteiger partial charge in [-0.1, -0.05) is 26.2 Å². The number of piperidine rings is 1. The van der Waals surface area contributed by atoms with Gasteiger partial charge in [-0.3, -0.25) is 0 Å². The lowest BCUT2D eigenvalue weighted by molar-refractivity contribution is 0.0164. The smallest absolute Gasteiger partial charge is 0.410 e. The first-order chi connectivity index (χ1) is 10.8. The number of rotatable bonds is 3. The number of nitrogens with one attached hydrogen (secondary N) is 1. The summed E-state index contributed by atoms with van der Waals surface area (Å²) in [5.74, 6) is 1.34. The van der Waals surface area contributed by atoms with Gasteiger partial charge in [0.2, 0.25) is 0 Å². The van der Waals surface area contributed by atoms with E-state index >= 15 is 0 Å². The zero-order valence-electron chi connectivity index (χ0n) is 15.6. The summed E-state index contributed by atoms with van der Waals surface area (Å²) in [6, 6.07) is 0.661.